The first-order valence-electron chi connectivity index (χ1n) is 9.64. The molecule has 158 valence electrons. The fourth-order valence-electron chi connectivity index (χ4n) is 4.73. The summed E-state index contributed by atoms with van der Waals surface area (Å²) in [5.74, 6) is -2.20. The van der Waals surface area contributed by atoms with E-state index < -0.39 is 17.9 Å². The minimum atomic E-state index is -4.95. The van der Waals surface area contributed by atoms with Crippen LogP contribution in [0.15, 0.2) is 18.2 Å². The summed E-state index contributed by atoms with van der Waals surface area (Å²) < 4.78 is 59.7. The standard InChI is InChI=1S/C20H21F4NO4/c21-15-2-1-13(7-16(15)29-20(22,23)24)12-3-5-25(6-4-12)18(27)14-8-19(9-14)10-17(26)28-11-19/h1-2,7,12,14H,3-6,8-11H2. The van der Waals surface area contributed by atoms with Crippen molar-refractivity contribution in [3.8, 4) is 5.75 Å². The third-order valence-electron chi connectivity index (χ3n) is 6.23. The highest BCUT2D eigenvalue weighted by molar-refractivity contribution is 5.81. The molecular weight excluding hydrogens is 394 g/mol. The fraction of sp³-hybridized carbons (Fsp3) is 0.600. The number of halogens is 4. The Morgan fingerprint density at radius 3 is 2.48 bits per heavy atom. The number of cyclic esters (lactones) is 1. The largest absolute Gasteiger partial charge is 0.573 e. The first kappa shape index (κ1) is 20.0. The molecule has 29 heavy (non-hydrogen) atoms. The Morgan fingerprint density at radius 1 is 1.21 bits per heavy atom. The lowest BCUT2D eigenvalue weighted by molar-refractivity contribution is -0.275. The number of amides is 1. The molecule has 2 saturated heterocycles. The monoisotopic (exact) mass is 415 g/mol. The van der Waals surface area contributed by atoms with Crippen LogP contribution < -0.4 is 4.74 Å². The molecule has 9 heteroatoms. The zero-order valence-corrected chi connectivity index (χ0v) is 15.6. The topological polar surface area (TPSA) is 55.8 Å². The number of hydrogen-bond acceptors (Lipinski definition) is 4. The number of alkyl halides is 3. The van der Waals surface area contributed by atoms with E-state index in [1.54, 1.807) is 4.90 Å². The Hall–Kier alpha value is -2.32. The molecule has 1 aromatic carbocycles. The summed E-state index contributed by atoms with van der Waals surface area (Å²) in [5, 5.41) is 0. The van der Waals surface area contributed by atoms with Crippen molar-refractivity contribution in [2.45, 2.75) is 44.4 Å². The highest BCUT2D eigenvalue weighted by atomic mass is 19.4. The average molecular weight is 415 g/mol. The number of carbonyl (C=O) groups is 2. The van der Waals surface area contributed by atoms with Gasteiger partial charge in [-0.05, 0) is 49.3 Å². The summed E-state index contributed by atoms with van der Waals surface area (Å²) in [6.45, 7) is 1.38. The third kappa shape index (κ3) is 4.18. The molecule has 2 heterocycles. The number of esters is 1. The lowest BCUT2D eigenvalue weighted by atomic mass is 9.61. The van der Waals surface area contributed by atoms with Crippen LogP contribution in [-0.4, -0.2) is 42.8 Å². The molecule has 1 spiro atoms. The number of likely N-dealkylation sites (tertiary alicyclic amines) is 1. The van der Waals surface area contributed by atoms with E-state index >= 15 is 0 Å². The Labute approximate surface area is 164 Å². The molecule has 4 rings (SSSR count). The Balaban J connectivity index is 1.32. The molecule has 1 aliphatic carbocycles. The maximum Gasteiger partial charge on any atom is 0.573 e. The molecule has 1 saturated carbocycles. The highest BCUT2D eigenvalue weighted by Crippen LogP contribution is 2.52. The highest BCUT2D eigenvalue weighted by Gasteiger charge is 2.53. The van der Waals surface area contributed by atoms with Gasteiger partial charge in [-0.3, -0.25) is 9.59 Å². The van der Waals surface area contributed by atoms with Crippen molar-refractivity contribution in [3.05, 3.63) is 29.6 Å². The van der Waals surface area contributed by atoms with Crippen LogP contribution in [-0.2, 0) is 14.3 Å². The molecule has 3 aliphatic rings. The maximum atomic E-state index is 13.6. The number of nitrogens with zero attached hydrogens (tertiary/aromatic N) is 1. The third-order valence-corrected chi connectivity index (χ3v) is 6.23. The van der Waals surface area contributed by atoms with Gasteiger partial charge in [-0.2, -0.15) is 0 Å². The molecular formula is C20H21F4NO4. The van der Waals surface area contributed by atoms with Gasteiger partial charge in [-0.25, -0.2) is 4.39 Å². The van der Waals surface area contributed by atoms with Crippen LogP contribution in [0.5, 0.6) is 5.75 Å². The van der Waals surface area contributed by atoms with Crippen LogP contribution >= 0.6 is 0 Å². The second kappa shape index (κ2) is 7.18. The van der Waals surface area contributed by atoms with Crippen molar-refractivity contribution in [3.63, 3.8) is 0 Å². The van der Waals surface area contributed by atoms with Crippen molar-refractivity contribution in [2.75, 3.05) is 19.7 Å². The van der Waals surface area contributed by atoms with E-state index in [0.29, 0.717) is 57.4 Å². The van der Waals surface area contributed by atoms with E-state index in [0.717, 1.165) is 12.1 Å². The van der Waals surface area contributed by atoms with E-state index in [9.17, 15) is 27.2 Å². The maximum absolute atomic E-state index is 13.6. The summed E-state index contributed by atoms with van der Waals surface area (Å²) in [5.41, 5.74) is 0.403. The van der Waals surface area contributed by atoms with E-state index in [1.165, 1.54) is 6.07 Å². The van der Waals surface area contributed by atoms with Crippen LogP contribution in [0.3, 0.4) is 0 Å². The van der Waals surface area contributed by atoms with Gasteiger partial charge in [0.2, 0.25) is 5.91 Å². The molecule has 5 nitrogen and oxygen atoms in total. The van der Waals surface area contributed by atoms with E-state index in [4.69, 9.17) is 4.74 Å². The SMILES string of the molecule is O=C1CC2(CO1)CC(C(=O)N1CCC(c3ccc(F)c(OC(F)(F)F)c3)CC1)C2. The van der Waals surface area contributed by atoms with E-state index in [-0.39, 0.29) is 29.1 Å². The van der Waals surface area contributed by atoms with Gasteiger partial charge in [0.15, 0.2) is 11.6 Å². The summed E-state index contributed by atoms with van der Waals surface area (Å²) >= 11 is 0. The Bertz CT molecular complexity index is 811. The first-order chi connectivity index (χ1) is 13.6. The summed E-state index contributed by atoms with van der Waals surface area (Å²) in [4.78, 5) is 25.8. The number of hydrogen-bond donors (Lipinski definition) is 0. The second-order valence-electron chi connectivity index (χ2n) is 8.28. The van der Waals surface area contributed by atoms with Crippen molar-refractivity contribution >= 4 is 11.9 Å². The van der Waals surface area contributed by atoms with Gasteiger partial charge in [0.25, 0.3) is 0 Å². The van der Waals surface area contributed by atoms with Crippen molar-refractivity contribution in [1.29, 1.82) is 0 Å². The molecule has 1 aromatic rings. The minimum absolute atomic E-state index is 0.0635. The van der Waals surface area contributed by atoms with Crippen LogP contribution in [0.2, 0.25) is 0 Å². The zero-order chi connectivity index (χ0) is 20.8. The molecule has 0 aromatic heterocycles. The number of piperidine rings is 1. The normalized spacial score (nSPS) is 27.7. The van der Waals surface area contributed by atoms with Gasteiger partial charge >= 0.3 is 12.3 Å². The Kier molecular flexibility index (Phi) is 4.94. The number of benzene rings is 1. The van der Waals surface area contributed by atoms with Crippen molar-refractivity contribution < 1.29 is 36.6 Å². The van der Waals surface area contributed by atoms with Gasteiger partial charge in [-0.15, -0.1) is 13.2 Å². The minimum Gasteiger partial charge on any atom is -0.465 e. The van der Waals surface area contributed by atoms with Gasteiger partial charge in [0.05, 0.1) is 13.0 Å². The molecule has 2 aliphatic heterocycles. The second-order valence-corrected chi connectivity index (χ2v) is 8.28. The number of ether oxygens (including phenoxy) is 2. The van der Waals surface area contributed by atoms with Crippen LogP contribution in [0.25, 0.3) is 0 Å². The predicted octanol–water partition coefficient (Wildman–Crippen LogP) is 3.77. The van der Waals surface area contributed by atoms with Gasteiger partial charge in [0, 0.05) is 24.4 Å². The Morgan fingerprint density at radius 2 is 1.90 bits per heavy atom. The van der Waals surface area contributed by atoms with Crippen LogP contribution in [0.4, 0.5) is 17.6 Å². The lowest BCUT2D eigenvalue weighted by Crippen LogP contribution is -2.49. The van der Waals surface area contributed by atoms with E-state index in [1.807, 2.05) is 0 Å². The van der Waals surface area contributed by atoms with Gasteiger partial charge in [0.1, 0.15) is 0 Å². The first-order valence-corrected chi connectivity index (χ1v) is 9.64. The quantitative estimate of drug-likeness (QED) is 0.557. The summed E-state index contributed by atoms with van der Waals surface area (Å²) in [6.07, 6.45) is -2.08. The molecule has 0 bridgehead atoms. The number of carbonyl (C=O) groups excluding carboxylic acids is 2. The van der Waals surface area contributed by atoms with Crippen LogP contribution in [0, 0.1) is 17.2 Å². The molecule has 0 atom stereocenters. The van der Waals surface area contributed by atoms with Gasteiger partial charge in [-0.1, -0.05) is 6.07 Å². The molecule has 3 fully saturated rings. The average Bonchev–Trinajstić information content (AvgIpc) is 3.03. The van der Waals surface area contributed by atoms with Crippen LogP contribution in [0.1, 0.15) is 43.6 Å². The van der Waals surface area contributed by atoms with Crippen molar-refractivity contribution in [1.82, 2.24) is 4.90 Å². The summed E-state index contributed by atoms with van der Waals surface area (Å²) in [7, 11) is 0. The molecule has 0 N–H and O–H groups in total. The molecule has 0 radical (unpaired) electrons. The van der Waals surface area contributed by atoms with Crippen molar-refractivity contribution in [2.24, 2.45) is 11.3 Å². The predicted molar refractivity (Wildman–Crippen MR) is 92.4 cm³/mol. The van der Waals surface area contributed by atoms with Gasteiger partial charge < -0.3 is 14.4 Å². The molecule has 1 amide bonds. The smallest absolute Gasteiger partial charge is 0.465 e. The lowest BCUT2D eigenvalue weighted by Gasteiger charge is -2.45. The molecule has 0 unspecified atom stereocenters. The fourth-order valence-corrected chi connectivity index (χ4v) is 4.73. The van der Waals surface area contributed by atoms with E-state index in [2.05, 4.69) is 4.74 Å². The zero-order valence-electron chi connectivity index (χ0n) is 15.6. The summed E-state index contributed by atoms with van der Waals surface area (Å²) in [6, 6.07) is 3.54. The number of rotatable bonds is 3.